The van der Waals surface area contributed by atoms with Crippen LogP contribution in [-0.4, -0.2) is 39.2 Å². The van der Waals surface area contributed by atoms with Crippen molar-refractivity contribution in [1.82, 2.24) is 25.5 Å². The number of nitrogens with zero attached hydrogens (tertiary/aromatic N) is 4. The van der Waals surface area contributed by atoms with Gasteiger partial charge in [0.2, 0.25) is 0 Å². The summed E-state index contributed by atoms with van der Waals surface area (Å²) in [5.41, 5.74) is 3.30. The van der Waals surface area contributed by atoms with E-state index in [0.29, 0.717) is 36.1 Å². The van der Waals surface area contributed by atoms with Crippen LogP contribution in [0.4, 0.5) is 17.5 Å². The molecule has 4 aromatic rings. The van der Waals surface area contributed by atoms with Crippen molar-refractivity contribution in [3.8, 4) is 0 Å². The zero-order valence-corrected chi connectivity index (χ0v) is 15.6. The third kappa shape index (κ3) is 4.38. The monoisotopic (exact) mass is 391 g/mol. The molecule has 8 nitrogen and oxygen atoms in total. The number of carbonyl (C=O) groups excluding carboxylic acids is 1. The van der Waals surface area contributed by atoms with Crippen LogP contribution >= 0.6 is 11.3 Å². The van der Waals surface area contributed by atoms with Crippen LogP contribution in [0, 0.1) is 0 Å². The van der Waals surface area contributed by atoms with Crippen molar-refractivity contribution in [2.75, 3.05) is 23.7 Å². The van der Waals surface area contributed by atoms with Crippen LogP contribution in [-0.2, 0) is 0 Å². The molecule has 0 bridgehead atoms. The van der Waals surface area contributed by atoms with Gasteiger partial charge in [0.15, 0.2) is 5.82 Å². The Hall–Kier alpha value is -3.59. The molecule has 28 heavy (non-hydrogen) atoms. The smallest absolute Gasteiger partial charge is 0.251 e. The number of carbonyl (C=O) groups is 1. The van der Waals surface area contributed by atoms with Crippen molar-refractivity contribution >= 4 is 44.9 Å². The van der Waals surface area contributed by atoms with Crippen molar-refractivity contribution in [2.45, 2.75) is 0 Å². The van der Waals surface area contributed by atoms with Crippen LogP contribution in [0.15, 0.2) is 60.2 Å². The maximum absolute atomic E-state index is 12.2. The first kappa shape index (κ1) is 17.8. The molecule has 9 heteroatoms. The molecule has 1 aromatic carbocycles. The number of hydrogen-bond acceptors (Lipinski definition) is 8. The van der Waals surface area contributed by atoms with Gasteiger partial charge in [-0.3, -0.25) is 4.79 Å². The van der Waals surface area contributed by atoms with E-state index in [0.717, 1.165) is 10.2 Å². The molecule has 0 atom stereocenters. The molecule has 0 spiro atoms. The normalized spacial score (nSPS) is 10.6. The molecule has 3 N–H and O–H groups in total. The topological polar surface area (TPSA) is 105 Å². The first-order valence-corrected chi connectivity index (χ1v) is 9.53. The molecule has 0 unspecified atom stereocenters. The molecule has 0 aliphatic heterocycles. The number of thiazole rings is 1. The van der Waals surface area contributed by atoms with E-state index < -0.39 is 0 Å². The molecule has 0 aliphatic carbocycles. The van der Waals surface area contributed by atoms with Crippen molar-refractivity contribution in [3.05, 3.63) is 65.8 Å². The van der Waals surface area contributed by atoms with Crippen molar-refractivity contribution in [2.24, 2.45) is 0 Å². The Labute approximate surface area is 165 Å². The highest BCUT2D eigenvalue weighted by Crippen LogP contribution is 2.19. The lowest BCUT2D eigenvalue weighted by Crippen LogP contribution is -2.28. The molecule has 0 fully saturated rings. The molecule has 4 rings (SSSR count). The number of aromatic nitrogens is 4. The van der Waals surface area contributed by atoms with Crippen LogP contribution in [0.1, 0.15) is 10.4 Å². The summed E-state index contributed by atoms with van der Waals surface area (Å²) in [5.74, 6) is 1.83. The Kier molecular flexibility index (Phi) is 5.34. The van der Waals surface area contributed by atoms with Gasteiger partial charge in [0, 0.05) is 24.8 Å². The fourth-order valence-electron chi connectivity index (χ4n) is 2.53. The first-order chi connectivity index (χ1) is 13.8. The molecule has 1 amide bonds. The zero-order chi connectivity index (χ0) is 19.2. The van der Waals surface area contributed by atoms with Crippen LogP contribution in [0.3, 0.4) is 0 Å². The number of pyridine rings is 1. The van der Waals surface area contributed by atoms with Gasteiger partial charge in [-0.1, -0.05) is 6.07 Å². The van der Waals surface area contributed by atoms with E-state index in [2.05, 4.69) is 36.1 Å². The van der Waals surface area contributed by atoms with Gasteiger partial charge in [0.25, 0.3) is 5.91 Å². The highest BCUT2D eigenvalue weighted by atomic mass is 32.1. The van der Waals surface area contributed by atoms with Crippen molar-refractivity contribution in [1.29, 1.82) is 0 Å². The van der Waals surface area contributed by atoms with Gasteiger partial charge in [-0.2, -0.15) is 0 Å². The molecular formula is C19H17N7OS. The van der Waals surface area contributed by atoms with Gasteiger partial charge in [0.05, 0.1) is 15.7 Å². The minimum absolute atomic E-state index is 0.113. The van der Waals surface area contributed by atoms with Gasteiger partial charge in [-0.15, -0.1) is 21.5 Å². The van der Waals surface area contributed by atoms with Crippen LogP contribution in [0.2, 0.25) is 0 Å². The Morgan fingerprint density at radius 3 is 2.64 bits per heavy atom. The lowest BCUT2D eigenvalue weighted by molar-refractivity contribution is 0.0955. The number of anilines is 3. The van der Waals surface area contributed by atoms with E-state index in [1.54, 1.807) is 17.8 Å². The molecule has 0 radical (unpaired) electrons. The molecule has 140 valence electrons. The highest BCUT2D eigenvalue weighted by molar-refractivity contribution is 7.16. The maximum atomic E-state index is 12.2. The summed E-state index contributed by atoms with van der Waals surface area (Å²) in [6.45, 7) is 1.01. The number of hydrogen-bond donors (Lipinski definition) is 3. The number of fused-ring (bicyclic) bond motifs is 1. The fraction of sp³-hybridized carbons (Fsp3) is 0.105. The van der Waals surface area contributed by atoms with Gasteiger partial charge in [0.1, 0.15) is 11.6 Å². The summed E-state index contributed by atoms with van der Waals surface area (Å²) < 4.78 is 1.00. The number of amides is 1. The van der Waals surface area contributed by atoms with Gasteiger partial charge in [-0.05, 0) is 42.5 Å². The third-order valence-corrected chi connectivity index (χ3v) is 4.69. The predicted octanol–water partition coefficient (Wildman–Crippen LogP) is 3.07. The molecule has 0 saturated heterocycles. The summed E-state index contributed by atoms with van der Waals surface area (Å²) in [6.07, 6.45) is 1.70. The first-order valence-electron chi connectivity index (χ1n) is 8.65. The number of nitrogens with one attached hydrogen (secondary N) is 3. The second-order valence-corrected chi connectivity index (χ2v) is 6.75. The predicted molar refractivity (Wildman–Crippen MR) is 110 cm³/mol. The zero-order valence-electron chi connectivity index (χ0n) is 14.8. The average molecular weight is 391 g/mol. The second-order valence-electron chi connectivity index (χ2n) is 5.86. The van der Waals surface area contributed by atoms with E-state index in [1.807, 2.05) is 42.5 Å². The minimum atomic E-state index is -0.113. The standard InChI is InChI=1S/C19H17N7OS/c27-19(13-4-5-14-15(11-13)28-12-23-14)22-10-9-21-17-6-7-18(26-25-17)24-16-3-1-2-8-20-16/h1-8,11-12H,9-10H2,(H,21,25)(H,22,27)(H,20,24,26). The average Bonchev–Trinajstić information content (AvgIpc) is 3.21. The summed E-state index contributed by atoms with van der Waals surface area (Å²) in [7, 11) is 0. The van der Waals surface area contributed by atoms with E-state index >= 15 is 0 Å². The largest absolute Gasteiger partial charge is 0.367 e. The number of rotatable bonds is 7. The Bertz CT molecular complexity index is 1070. The molecular weight excluding hydrogens is 374 g/mol. The maximum Gasteiger partial charge on any atom is 0.251 e. The minimum Gasteiger partial charge on any atom is -0.367 e. The quantitative estimate of drug-likeness (QED) is 0.416. The third-order valence-electron chi connectivity index (χ3n) is 3.90. The lowest BCUT2D eigenvalue weighted by atomic mass is 10.2. The second kappa shape index (κ2) is 8.40. The van der Waals surface area contributed by atoms with E-state index in [1.165, 1.54) is 11.3 Å². The lowest BCUT2D eigenvalue weighted by Gasteiger charge is -2.08. The highest BCUT2D eigenvalue weighted by Gasteiger charge is 2.07. The van der Waals surface area contributed by atoms with Gasteiger partial charge in [-0.25, -0.2) is 9.97 Å². The van der Waals surface area contributed by atoms with E-state index in [4.69, 9.17) is 0 Å². The fourth-order valence-corrected chi connectivity index (χ4v) is 3.24. The summed E-state index contributed by atoms with van der Waals surface area (Å²) in [5, 5.41) is 17.3. The SMILES string of the molecule is O=C(NCCNc1ccc(Nc2ccccn2)nn1)c1ccc2ncsc2c1. The van der Waals surface area contributed by atoms with Crippen molar-refractivity contribution < 1.29 is 4.79 Å². The molecule has 0 aliphatic rings. The van der Waals surface area contributed by atoms with Crippen molar-refractivity contribution in [3.63, 3.8) is 0 Å². The van der Waals surface area contributed by atoms with Crippen LogP contribution in [0.25, 0.3) is 10.2 Å². The van der Waals surface area contributed by atoms with Crippen LogP contribution in [0.5, 0.6) is 0 Å². The molecule has 3 aromatic heterocycles. The van der Waals surface area contributed by atoms with E-state index in [9.17, 15) is 4.79 Å². The number of benzene rings is 1. The van der Waals surface area contributed by atoms with Gasteiger partial charge >= 0.3 is 0 Å². The molecule has 0 saturated carbocycles. The van der Waals surface area contributed by atoms with Crippen LogP contribution < -0.4 is 16.0 Å². The summed E-state index contributed by atoms with van der Waals surface area (Å²) >= 11 is 1.52. The Morgan fingerprint density at radius 1 is 0.929 bits per heavy atom. The summed E-state index contributed by atoms with van der Waals surface area (Å²) in [4.78, 5) is 20.6. The Balaban J connectivity index is 1.24. The van der Waals surface area contributed by atoms with Gasteiger partial charge < -0.3 is 16.0 Å². The summed E-state index contributed by atoms with van der Waals surface area (Å²) in [6, 6.07) is 14.7. The Morgan fingerprint density at radius 2 is 1.82 bits per heavy atom. The van der Waals surface area contributed by atoms with E-state index in [-0.39, 0.29) is 5.91 Å². The molecule has 3 heterocycles.